The number of rotatable bonds is 6. The lowest BCUT2D eigenvalue weighted by atomic mass is 10.4. The molecule has 0 radical (unpaired) electrons. The largest absolute Gasteiger partial charge is 0.382 e. The average molecular weight is 235 g/mol. The zero-order valence-corrected chi connectivity index (χ0v) is 9.63. The van der Waals surface area contributed by atoms with Crippen LogP contribution in [0.2, 0.25) is 0 Å². The van der Waals surface area contributed by atoms with Crippen LogP contribution < -0.4 is 16.8 Å². The molecule has 0 saturated heterocycles. The summed E-state index contributed by atoms with van der Waals surface area (Å²) in [6.45, 7) is 3.30. The van der Waals surface area contributed by atoms with Gasteiger partial charge in [-0.2, -0.15) is 0 Å². The monoisotopic (exact) mass is 235 g/mol. The fourth-order valence-corrected chi connectivity index (χ4v) is 1.61. The van der Waals surface area contributed by atoms with Gasteiger partial charge in [0.1, 0.15) is 11.8 Å². The molecular weight excluding hydrogens is 218 g/mol. The number of hydrogen-bond donors (Lipinski definition) is 3. The molecule has 2 heterocycles. The third-order valence-corrected chi connectivity index (χ3v) is 2.52. The number of nitrogen functional groups attached to an aromatic ring is 1. The molecule has 5 N–H and O–H groups in total. The second-order valence-electron chi connectivity index (χ2n) is 3.76. The maximum absolute atomic E-state index is 5.71. The van der Waals surface area contributed by atoms with Crippen molar-refractivity contribution in [2.75, 3.05) is 25.4 Å². The molecule has 92 valence electrons. The van der Waals surface area contributed by atoms with Crippen LogP contribution in [0.25, 0.3) is 11.2 Å². The van der Waals surface area contributed by atoms with Crippen LogP contribution in [-0.4, -0.2) is 39.2 Å². The number of hydrogen-bond acceptors (Lipinski definition) is 6. The minimum atomic E-state index is 0.421. The maximum atomic E-state index is 5.71. The van der Waals surface area contributed by atoms with Gasteiger partial charge in [-0.15, -0.1) is 0 Å². The van der Waals surface area contributed by atoms with Crippen molar-refractivity contribution in [2.45, 2.75) is 13.0 Å². The van der Waals surface area contributed by atoms with Crippen LogP contribution in [0.5, 0.6) is 0 Å². The van der Waals surface area contributed by atoms with Gasteiger partial charge >= 0.3 is 0 Å². The highest BCUT2D eigenvalue weighted by Crippen LogP contribution is 2.13. The van der Waals surface area contributed by atoms with E-state index in [0.29, 0.717) is 17.9 Å². The molecule has 7 nitrogen and oxygen atoms in total. The van der Waals surface area contributed by atoms with E-state index >= 15 is 0 Å². The summed E-state index contributed by atoms with van der Waals surface area (Å²) >= 11 is 0. The minimum Gasteiger partial charge on any atom is -0.382 e. The Hall–Kier alpha value is -1.73. The molecule has 7 heteroatoms. The molecule has 17 heavy (non-hydrogen) atoms. The average Bonchev–Trinajstić information content (AvgIpc) is 2.74. The van der Waals surface area contributed by atoms with Crippen LogP contribution >= 0.6 is 0 Å². The number of aromatic nitrogens is 4. The van der Waals surface area contributed by atoms with Crippen molar-refractivity contribution < 1.29 is 0 Å². The van der Waals surface area contributed by atoms with Crippen LogP contribution in [-0.2, 0) is 6.54 Å². The van der Waals surface area contributed by atoms with Gasteiger partial charge in [0.15, 0.2) is 11.5 Å². The van der Waals surface area contributed by atoms with Gasteiger partial charge in [-0.05, 0) is 19.5 Å². The number of nitrogens with one attached hydrogen (secondary N) is 1. The SMILES string of the molecule is NCCCNCCn1cnc2c(N)ncnc21. The fraction of sp³-hybridized carbons (Fsp3) is 0.500. The number of nitrogens with zero attached hydrogens (tertiary/aromatic N) is 4. The molecule has 0 spiro atoms. The third kappa shape index (κ3) is 2.69. The summed E-state index contributed by atoms with van der Waals surface area (Å²) in [6, 6.07) is 0. The van der Waals surface area contributed by atoms with Crippen LogP contribution in [0.1, 0.15) is 6.42 Å². The van der Waals surface area contributed by atoms with Crippen molar-refractivity contribution in [2.24, 2.45) is 5.73 Å². The first-order valence-corrected chi connectivity index (χ1v) is 5.65. The zero-order chi connectivity index (χ0) is 12.1. The van der Waals surface area contributed by atoms with E-state index in [4.69, 9.17) is 11.5 Å². The number of imidazole rings is 1. The van der Waals surface area contributed by atoms with E-state index in [1.165, 1.54) is 6.33 Å². The summed E-state index contributed by atoms with van der Waals surface area (Å²) < 4.78 is 1.96. The molecule has 2 rings (SSSR count). The van der Waals surface area contributed by atoms with E-state index in [0.717, 1.165) is 31.7 Å². The molecule has 0 fully saturated rings. The van der Waals surface area contributed by atoms with Crippen LogP contribution in [0.4, 0.5) is 5.82 Å². The second-order valence-corrected chi connectivity index (χ2v) is 3.76. The van der Waals surface area contributed by atoms with E-state index in [1.807, 2.05) is 4.57 Å². The fourth-order valence-electron chi connectivity index (χ4n) is 1.61. The molecule has 0 aromatic carbocycles. The van der Waals surface area contributed by atoms with Crippen molar-refractivity contribution in [1.29, 1.82) is 0 Å². The predicted molar refractivity (Wildman–Crippen MR) is 66.3 cm³/mol. The van der Waals surface area contributed by atoms with E-state index in [-0.39, 0.29) is 0 Å². The number of fused-ring (bicyclic) bond motifs is 1. The van der Waals surface area contributed by atoms with Gasteiger partial charge < -0.3 is 21.4 Å². The normalized spacial score (nSPS) is 11.1. The maximum Gasteiger partial charge on any atom is 0.165 e. The molecule has 2 aromatic rings. The predicted octanol–water partition coefficient (Wildman–Crippen LogP) is -0.653. The summed E-state index contributed by atoms with van der Waals surface area (Å²) in [6.07, 6.45) is 4.18. The molecular formula is C10H17N7. The van der Waals surface area contributed by atoms with Gasteiger partial charge in [-0.25, -0.2) is 15.0 Å². The molecule has 0 atom stereocenters. The van der Waals surface area contributed by atoms with Crippen molar-refractivity contribution >= 4 is 17.0 Å². The molecule has 0 bridgehead atoms. The van der Waals surface area contributed by atoms with E-state index in [2.05, 4.69) is 20.3 Å². The van der Waals surface area contributed by atoms with Gasteiger partial charge in [-0.1, -0.05) is 0 Å². The Morgan fingerprint density at radius 3 is 2.94 bits per heavy atom. The quantitative estimate of drug-likeness (QED) is 0.574. The van der Waals surface area contributed by atoms with Crippen LogP contribution in [0.3, 0.4) is 0 Å². The highest BCUT2D eigenvalue weighted by molar-refractivity contribution is 5.80. The molecule has 0 aliphatic heterocycles. The first-order chi connectivity index (χ1) is 8.33. The number of anilines is 1. The second kappa shape index (κ2) is 5.55. The van der Waals surface area contributed by atoms with Crippen molar-refractivity contribution in [3.8, 4) is 0 Å². The van der Waals surface area contributed by atoms with E-state index in [1.54, 1.807) is 6.33 Å². The lowest BCUT2D eigenvalue weighted by Crippen LogP contribution is -2.22. The smallest absolute Gasteiger partial charge is 0.165 e. The highest BCUT2D eigenvalue weighted by Gasteiger charge is 2.06. The summed E-state index contributed by atoms with van der Waals surface area (Å²) in [5.41, 5.74) is 12.6. The van der Waals surface area contributed by atoms with Gasteiger partial charge in [0.05, 0.1) is 6.33 Å². The minimum absolute atomic E-state index is 0.421. The Morgan fingerprint density at radius 1 is 1.24 bits per heavy atom. The molecule has 0 aliphatic rings. The van der Waals surface area contributed by atoms with Gasteiger partial charge in [0.25, 0.3) is 0 Å². The van der Waals surface area contributed by atoms with Crippen molar-refractivity contribution in [3.63, 3.8) is 0 Å². The van der Waals surface area contributed by atoms with Crippen molar-refractivity contribution in [1.82, 2.24) is 24.8 Å². The van der Waals surface area contributed by atoms with E-state index < -0.39 is 0 Å². The summed E-state index contributed by atoms with van der Waals surface area (Å²) in [5, 5.41) is 3.30. The number of nitrogens with two attached hydrogens (primary N) is 2. The summed E-state index contributed by atoms with van der Waals surface area (Å²) in [7, 11) is 0. The Balaban J connectivity index is 1.97. The van der Waals surface area contributed by atoms with Crippen LogP contribution in [0, 0.1) is 0 Å². The van der Waals surface area contributed by atoms with E-state index in [9.17, 15) is 0 Å². The summed E-state index contributed by atoms with van der Waals surface area (Å²) in [4.78, 5) is 12.3. The van der Waals surface area contributed by atoms with Gasteiger partial charge in [-0.3, -0.25) is 0 Å². The van der Waals surface area contributed by atoms with Crippen molar-refractivity contribution in [3.05, 3.63) is 12.7 Å². The molecule has 0 unspecified atom stereocenters. The highest BCUT2D eigenvalue weighted by atomic mass is 15.1. The molecule has 0 aliphatic carbocycles. The first kappa shape index (κ1) is 11.7. The zero-order valence-electron chi connectivity index (χ0n) is 9.63. The Bertz CT molecular complexity index is 478. The Kier molecular flexibility index (Phi) is 3.84. The van der Waals surface area contributed by atoms with Gasteiger partial charge in [0, 0.05) is 13.1 Å². The Labute approximate surface area is 99.2 Å². The topological polar surface area (TPSA) is 108 Å². The molecule has 0 saturated carbocycles. The molecule has 0 amide bonds. The Morgan fingerprint density at radius 2 is 2.12 bits per heavy atom. The van der Waals surface area contributed by atoms with Gasteiger partial charge in [0.2, 0.25) is 0 Å². The standard InChI is InChI=1S/C10H17N7/c11-2-1-3-13-4-5-17-7-16-8-9(12)14-6-15-10(8)17/h6-7,13H,1-5,11H2,(H2,12,14,15). The van der Waals surface area contributed by atoms with Crippen LogP contribution in [0.15, 0.2) is 12.7 Å². The summed E-state index contributed by atoms with van der Waals surface area (Å²) in [5.74, 6) is 0.421. The lowest BCUT2D eigenvalue weighted by molar-refractivity contribution is 0.591. The third-order valence-electron chi connectivity index (χ3n) is 2.52. The lowest BCUT2D eigenvalue weighted by Gasteiger charge is -2.05. The molecule has 2 aromatic heterocycles. The first-order valence-electron chi connectivity index (χ1n) is 5.65.